The van der Waals surface area contributed by atoms with Gasteiger partial charge in [-0.1, -0.05) is 36.4 Å². The zero-order valence-electron chi connectivity index (χ0n) is 11.0. The van der Waals surface area contributed by atoms with Gasteiger partial charge in [0.15, 0.2) is 0 Å². The van der Waals surface area contributed by atoms with E-state index in [1.54, 1.807) is 12.1 Å². The lowest BCUT2D eigenvalue weighted by molar-refractivity contribution is -0.115. The zero-order chi connectivity index (χ0) is 14.5. The van der Waals surface area contributed by atoms with Crippen molar-refractivity contribution in [2.45, 2.75) is 12.3 Å². The van der Waals surface area contributed by atoms with E-state index in [1.807, 2.05) is 30.4 Å². The largest absolute Gasteiger partial charge is 0.366 e. The quantitative estimate of drug-likeness (QED) is 0.763. The van der Waals surface area contributed by atoms with Gasteiger partial charge in [0.2, 0.25) is 11.8 Å². The minimum atomic E-state index is -0.445. The summed E-state index contributed by atoms with van der Waals surface area (Å²) in [5.41, 5.74) is 12.8. The SMILES string of the molecule is NCC(=O)Nc1ccccc1C1CC=CC=C1C(N)=O. The summed E-state index contributed by atoms with van der Waals surface area (Å²) < 4.78 is 0. The molecule has 2 rings (SSSR count). The minimum absolute atomic E-state index is 0.0859. The fraction of sp³-hybridized carbons (Fsp3) is 0.200. The lowest BCUT2D eigenvalue weighted by Gasteiger charge is -2.22. The number of nitrogens with two attached hydrogens (primary N) is 2. The number of allylic oxidation sites excluding steroid dienone is 3. The van der Waals surface area contributed by atoms with E-state index in [9.17, 15) is 9.59 Å². The van der Waals surface area contributed by atoms with Crippen LogP contribution >= 0.6 is 0 Å². The predicted molar refractivity (Wildman–Crippen MR) is 77.9 cm³/mol. The van der Waals surface area contributed by atoms with Crippen LogP contribution in [0.4, 0.5) is 5.69 Å². The molecule has 1 aromatic carbocycles. The molecule has 5 N–H and O–H groups in total. The van der Waals surface area contributed by atoms with Crippen molar-refractivity contribution in [2.75, 3.05) is 11.9 Å². The van der Waals surface area contributed by atoms with Crippen molar-refractivity contribution >= 4 is 17.5 Å². The molecule has 104 valence electrons. The van der Waals surface area contributed by atoms with Crippen LogP contribution in [0.1, 0.15) is 17.9 Å². The van der Waals surface area contributed by atoms with Gasteiger partial charge in [0.25, 0.3) is 0 Å². The Bertz CT molecular complexity index is 591. The van der Waals surface area contributed by atoms with E-state index in [4.69, 9.17) is 11.5 Å². The van der Waals surface area contributed by atoms with Crippen LogP contribution in [-0.4, -0.2) is 18.4 Å². The van der Waals surface area contributed by atoms with Crippen LogP contribution in [0.15, 0.2) is 48.1 Å². The molecule has 5 nitrogen and oxygen atoms in total. The molecule has 0 aromatic heterocycles. The molecule has 0 aliphatic heterocycles. The van der Waals surface area contributed by atoms with Crippen molar-refractivity contribution in [3.63, 3.8) is 0 Å². The van der Waals surface area contributed by atoms with Gasteiger partial charge in [-0.25, -0.2) is 0 Å². The Morgan fingerprint density at radius 3 is 2.75 bits per heavy atom. The Labute approximate surface area is 117 Å². The minimum Gasteiger partial charge on any atom is -0.366 e. The molecule has 1 aliphatic rings. The first-order chi connectivity index (χ1) is 9.63. The second-order valence-corrected chi connectivity index (χ2v) is 4.54. The van der Waals surface area contributed by atoms with Crippen LogP contribution in [-0.2, 0) is 9.59 Å². The van der Waals surface area contributed by atoms with E-state index >= 15 is 0 Å². The molecule has 1 aliphatic carbocycles. The highest BCUT2D eigenvalue weighted by molar-refractivity contribution is 5.96. The van der Waals surface area contributed by atoms with Crippen LogP contribution < -0.4 is 16.8 Å². The van der Waals surface area contributed by atoms with Gasteiger partial charge in [0.1, 0.15) is 0 Å². The molecule has 0 bridgehead atoms. The smallest absolute Gasteiger partial charge is 0.245 e. The topological polar surface area (TPSA) is 98.2 Å². The number of amides is 2. The van der Waals surface area contributed by atoms with E-state index in [0.29, 0.717) is 17.7 Å². The molecule has 2 amide bonds. The molecule has 1 aromatic rings. The van der Waals surface area contributed by atoms with Crippen molar-refractivity contribution in [3.05, 3.63) is 53.6 Å². The Hall–Kier alpha value is -2.40. The highest BCUT2D eigenvalue weighted by atomic mass is 16.2. The fourth-order valence-corrected chi connectivity index (χ4v) is 2.29. The van der Waals surface area contributed by atoms with Crippen LogP contribution in [0.5, 0.6) is 0 Å². The van der Waals surface area contributed by atoms with Crippen LogP contribution in [0, 0.1) is 0 Å². The van der Waals surface area contributed by atoms with Crippen molar-refractivity contribution in [3.8, 4) is 0 Å². The third-order valence-electron chi connectivity index (χ3n) is 3.24. The van der Waals surface area contributed by atoms with Gasteiger partial charge < -0.3 is 16.8 Å². The van der Waals surface area contributed by atoms with Crippen LogP contribution in [0.3, 0.4) is 0 Å². The molecule has 20 heavy (non-hydrogen) atoms. The van der Waals surface area contributed by atoms with Crippen LogP contribution in [0.2, 0.25) is 0 Å². The fourth-order valence-electron chi connectivity index (χ4n) is 2.29. The van der Waals surface area contributed by atoms with Crippen molar-refractivity contribution in [2.24, 2.45) is 11.5 Å². The van der Waals surface area contributed by atoms with Gasteiger partial charge in [-0.15, -0.1) is 0 Å². The summed E-state index contributed by atoms with van der Waals surface area (Å²) in [6.45, 7) is -0.0859. The van der Waals surface area contributed by atoms with Gasteiger partial charge in [-0.3, -0.25) is 9.59 Å². The number of anilines is 1. The molecule has 0 spiro atoms. The van der Waals surface area contributed by atoms with Gasteiger partial charge in [0, 0.05) is 17.2 Å². The summed E-state index contributed by atoms with van der Waals surface area (Å²) in [6, 6.07) is 7.36. The lowest BCUT2D eigenvalue weighted by atomic mass is 9.84. The van der Waals surface area contributed by atoms with Gasteiger partial charge in [-0.2, -0.15) is 0 Å². The number of benzene rings is 1. The number of hydrogen-bond acceptors (Lipinski definition) is 3. The number of carbonyl (C=O) groups is 2. The molecular formula is C15H17N3O2. The normalized spacial score (nSPS) is 17.4. The van der Waals surface area contributed by atoms with Crippen molar-refractivity contribution in [1.29, 1.82) is 0 Å². The molecule has 5 heteroatoms. The number of primary amides is 1. The number of nitrogens with one attached hydrogen (secondary N) is 1. The van der Waals surface area contributed by atoms with E-state index in [-0.39, 0.29) is 18.4 Å². The molecule has 0 fully saturated rings. The van der Waals surface area contributed by atoms with E-state index in [2.05, 4.69) is 5.32 Å². The van der Waals surface area contributed by atoms with E-state index < -0.39 is 5.91 Å². The van der Waals surface area contributed by atoms with E-state index in [1.165, 1.54) is 0 Å². The summed E-state index contributed by atoms with van der Waals surface area (Å²) >= 11 is 0. The maximum Gasteiger partial charge on any atom is 0.245 e. The second-order valence-electron chi connectivity index (χ2n) is 4.54. The summed E-state index contributed by atoms with van der Waals surface area (Å²) in [4.78, 5) is 23.0. The van der Waals surface area contributed by atoms with Gasteiger partial charge >= 0.3 is 0 Å². The Morgan fingerprint density at radius 1 is 1.30 bits per heavy atom. The highest BCUT2D eigenvalue weighted by Gasteiger charge is 2.23. The zero-order valence-corrected chi connectivity index (χ0v) is 11.0. The molecule has 0 saturated heterocycles. The molecule has 0 saturated carbocycles. The Balaban J connectivity index is 2.37. The lowest BCUT2D eigenvalue weighted by Crippen LogP contribution is -2.24. The first-order valence-corrected chi connectivity index (χ1v) is 6.39. The monoisotopic (exact) mass is 271 g/mol. The number of para-hydroxylation sites is 1. The first kappa shape index (κ1) is 14.0. The third-order valence-corrected chi connectivity index (χ3v) is 3.24. The maximum atomic E-state index is 11.5. The molecule has 0 heterocycles. The van der Waals surface area contributed by atoms with E-state index in [0.717, 1.165) is 5.56 Å². The average molecular weight is 271 g/mol. The number of rotatable bonds is 4. The number of hydrogen-bond donors (Lipinski definition) is 3. The Morgan fingerprint density at radius 2 is 2.05 bits per heavy atom. The first-order valence-electron chi connectivity index (χ1n) is 6.39. The third kappa shape index (κ3) is 2.95. The molecule has 0 radical (unpaired) electrons. The van der Waals surface area contributed by atoms with Crippen molar-refractivity contribution in [1.82, 2.24) is 0 Å². The number of carbonyl (C=O) groups excluding carboxylic acids is 2. The molecular weight excluding hydrogens is 254 g/mol. The van der Waals surface area contributed by atoms with Crippen molar-refractivity contribution < 1.29 is 9.59 Å². The van der Waals surface area contributed by atoms with Gasteiger partial charge in [-0.05, 0) is 18.1 Å². The molecule has 1 atom stereocenters. The summed E-state index contributed by atoms with van der Waals surface area (Å²) in [5.74, 6) is -0.862. The van der Waals surface area contributed by atoms with Crippen LogP contribution in [0.25, 0.3) is 0 Å². The predicted octanol–water partition coefficient (Wildman–Crippen LogP) is 1.04. The molecule has 1 unspecified atom stereocenters. The highest BCUT2D eigenvalue weighted by Crippen LogP contribution is 2.35. The summed E-state index contributed by atoms with van der Waals surface area (Å²) in [6.07, 6.45) is 6.18. The standard InChI is InChI=1S/C15H17N3O2/c16-9-14(19)18-13-8-4-3-6-11(13)10-5-1-2-7-12(10)15(17)20/h1-4,6-8,10H,5,9,16H2,(H2,17,20)(H,18,19). The average Bonchev–Trinajstić information content (AvgIpc) is 2.47. The Kier molecular flexibility index (Phi) is 4.32. The maximum absolute atomic E-state index is 11.5. The summed E-state index contributed by atoms with van der Waals surface area (Å²) in [7, 11) is 0. The summed E-state index contributed by atoms with van der Waals surface area (Å²) in [5, 5.41) is 2.75. The second kappa shape index (κ2) is 6.16. The van der Waals surface area contributed by atoms with Gasteiger partial charge in [0.05, 0.1) is 6.54 Å².